The Bertz CT molecular complexity index is 1180. The van der Waals surface area contributed by atoms with Gasteiger partial charge in [0, 0.05) is 17.1 Å². The van der Waals surface area contributed by atoms with Gasteiger partial charge in [0.2, 0.25) is 5.91 Å². The molecular formula is C29H32FN3O3S. The Balaban J connectivity index is 1.40. The number of anilines is 1. The van der Waals surface area contributed by atoms with Gasteiger partial charge in [-0.3, -0.25) is 14.5 Å². The van der Waals surface area contributed by atoms with Crippen LogP contribution >= 0.6 is 11.8 Å². The number of rotatable bonds is 10. The Morgan fingerprint density at radius 3 is 2.38 bits per heavy atom. The molecule has 2 N–H and O–H groups in total. The van der Waals surface area contributed by atoms with Crippen molar-refractivity contribution in [2.45, 2.75) is 30.2 Å². The zero-order valence-corrected chi connectivity index (χ0v) is 21.7. The van der Waals surface area contributed by atoms with Gasteiger partial charge in [-0.1, -0.05) is 30.7 Å². The van der Waals surface area contributed by atoms with Gasteiger partial charge in [0.1, 0.15) is 11.6 Å². The first-order valence-electron chi connectivity index (χ1n) is 12.5. The van der Waals surface area contributed by atoms with Crippen molar-refractivity contribution >= 4 is 29.3 Å². The molecule has 0 saturated carbocycles. The van der Waals surface area contributed by atoms with Gasteiger partial charge in [-0.15, -0.1) is 11.8 Å². The molecular weight excluding hydrogens is 489 g/mol. The van der Waals surface area contributed by atoms with Crippen LogP contribution in [-0.2, 0) is 4.79 Å². The van der Waals surface area contributed by atoms with E-state index in [2.05, 4.69) is 27.7 Å². The smallest absolute Gasteiger partial charge is 0.252 e. The fourth-order valence-electron chi connectivity index (χ4n) is 4.45. The molecule has 0 spiro atoms. The van der Waals surface area contributed by atoms with E-state index in [4.69, 9.17) is 4.74 Å². The van der Waals surface area contributed by atoms with E-state index in [1.54, 1.807) is 13.2 Å². The molecule has 0 aliphatic carbocycles. The van der Waals surface area contributed by atoms with Crippen molar-refractivity contribution in [1.29, 1.82) is 0 Å². The zero-order valence-electron chi connectivity index (χ0n) is 20.9. The third kappa shape index (κ3) is 7.57. The van der Waals surface area contributed by atoms with Crippen LogP contribution in [0, 0.1) is 5.82 Å². The van der Waals surface area contributed by atoms with Crippen LogP contribution in [-0.4, -0.2) is 49.2 Å². The molecule has 1 heterocycles. The molecule has 0 aromatic heterocycles. The Kier molecular flexibility index (Phi) is 9.57. The fraction of sp³-hybridized carbons (Fsp3) is 0.310. The van der Waals surface area contributed by atoms with E-state index in [9.17, 15) is 14.0 Å². The van der Waals surface area contributed by atoms with Crippen molar-refractivity contribution in [3.05, 3.63) is 89.7 Å². The Morgan fingerprint density at radius 1 is 0.973 bits per heavy atom. The molecule has 3 aromatic rings. The maximum atomic E-state index is 13.3. The number of likely N-dealkylation sites (tertiary alicyclic amines) is 1. The van der Waals surface area contributed by atoms with Gasteiger partial charge in [-0.05, 0) is 80.0 Å². The number of halogens is 1. The normalized spacial score (nSPS) is 14.5. The molecule has 4 rings (SSSR count). The average Bonchev–Trinajstić information content (AvgIpc) is 2.94. The highest BCUT2D eigenvalue weighted by molar-refractivity contribution is 8.00. The number of thioether (sulfide) groups is 1. The Hall–Kier alpha value is -3.36. The molecule has 6 nitrogen and oxygen atoms in total. The van der Waals surface area contributed by atoms with Crippen molar-refractivity contribution in [2.24, 2.45) is 0 Å². The molecule has 1 aliphatic rings. The van der Waals surface area contributed by atoms with E-state index < -0.39 is 0 Å². The molecule has 37 heavy (non-hydrogen) atoms. The lowest BCUT2D eigenvalue weighted by atomic mass is 10.0. The van der Waals surface area contributed by atoms with Gasteiger partial charge in [-0.2, -0.15) is 0 Å². The first-order valence-corrected chi connectivity index (χ1v) is 13.5. The lowest BCUT2D eigenvalue weighted by molar-refractivity contribution is -0.113. The zero-order chi connectivity index (χ0) is 26.0. The standard InChI is InChI=1S/C29H32FN3O3S/c1-36-24-15-9-21(10-16-24)26(33-17-5-2-6-18-33)19-31-29(35)25-7-3-4-8-27(25)37-20-28(34)32-23-13-11-22(30)12-14-23/h3-4,7-16,26H,2,5-6,17-20H2,1H3,(H,31,35)(H,32,34)/t26-/m1/s1. The fourth-order valence-corrected chi connectivity index (χ4v) is 5.30. The highest BCUT2D eigenvalue weighted by Crippen LogP contribution is 2.27. The maximum absolute atomic E-state index is 13.3. The maximum Gasteiger partial charge on any atom is 0.252 e. The van der Waals surface area contributed by atoms with Gasteiger partial charge < -0.3 is 15.4 Å². The number of ether oxygens (including phenoxy) is 1. The number of nitrogens with one attached hydrogen (secondary N) is 2. The largest absolute Gasteiger partial charge is 0.497 e. The van der Waals surface area contributed by atoms with Crippen molar-refractivity contribution in [1.82, 2.24) is 10.2 Å². The summed E-state index contributed by atoms with van der Waals surface area (Å²) in [6.07, 6.45) is 3.54. The first kappa shape index (κ1) is 26.7. The second-order valence-electron chi connectivity index (χ2n) is 8.94. The van der Waals surface area contributed by atoms with Crippen molar-refractivity contribution in [3.8, 4) is 5.75 Å². The highest BCUT2D eigenvalue weighted by atomic mass is 32.2. The average molecular weight is 522 g/mol. The van der Waals surface area contributed by atoms with E-state index >= 15 is 0 Å². The van der Waals surface area contributed by atoms with E-state index in [0.29, 0.717) is 17.8 Å². The quantitative estimate of drug-likeness (QED) is 0.344. The van der Waals surface area contributed by atoms with Crippen LogP contribution < -0.4 is 15.4 Å². The van der Waals surface area contributed by atoms with Crippen molar-refractivity contribution < 1.29 is 18.7 Å². The number of hydrogen-bond acceptors (Lipinski definition) is 5. The number of benzene rings is 3. The molecule has 2 amide bonds. The summed E-state index contributed by atoms with van der Waals surface area (Å²) in [7, 11) is 1.65. The SMILES string of the molecule is COc1ccc([C@@H](CNC(=O)c2ccccc2SCC(=O)Nc2ccc(F)cc2)N2CCCCC2)cc1. The molecule has 0 unspecified atom stereocenters. The number of hydrogen-bond donors (Lipinski definition) is 2. The minimum absolute atomic E-state index is 0.0662. The Labute approximate surface area is 221 Å². The summed E-state index contributed by atoms with van der Waals surface area (Å²) in [5.74, 6) is 0.180. The number of carbonyl (C=O) groups is 2. The van der Waals surface area contributed by atoms with Crippen molar-refractivity contribution in [3.63, 3.8) is 0 Å². The van der Waals surface area contributed by atoms with Gasteiger partial charge >= 0.3 is 0 Å². The third-order valence-electron chi connectivity index (χ3n) is 6.41. The van der Waals surface area contributed by atoms with Crippen LogP contribution in [0.15, 0.2) is 77.7 Å². The monoisotopic (exact) mass is 521 g/mol. The summed E-state index contributed by atoms with van der Waals surface area (Å²) in [6, 6.07) is 21.0. The predicted molar refractivity (Wildman–Crippen MR) is 146 cm³/mol. The molecule has 1 saturated heterocycles. The van der Waals surface area contributed by atoms with Gasteiger partial charge in [0.05, 0.1) is 24.5 Å². The summed E-state index contributed by atoms with van der Waals surface area (Å²) in [4.78, 5) is 28.8. The molecule has 3 aromatic carbocycles. The number of piperidine rings is 1. The van der Waals surface area contributed by atoms with Crippen LogP contribution in [0.4, 0.5) is 10.1 Å². The molecule has 0 radical (unpaired) electrons. The first-order chi connectivity index (χ1) is 18.0. The summed E-state index contributed by atoms with van der Waals surface area (Å²) >= 11 is 1.30. The van der Waals surface area contributed by atoms with Crippen molar-refractivity contribution in [2.75, 3.05) is 37.8 Å². The van der Waals surface area contributed by atoms with Crippen LogP contribution in [0.25, 0.3) is 0 Å². The number of methoxy groups -OCH3 is 1. The minimum atomic E-state index is -0.359. The van der Waals surface area contributed by atoms with Gasteiger partial charge in [-0.25, -0.2) is 4.39 Å². The van der Waals surface area contributed by atoms with E-state index in [1.165, 1.54) is 42.4 Å². The van der Waals surface area contributed by atoms with E-state index in [0.717, 1.165) is 42.1 Å². The van der Waals surface area contributed by atoms with Crippen LogP contribution in [0.5, 0.6) is 5.75 Å². The number of amides is 2. The van der Waals surface area contributed by atoms with Gasteiger partial charge in [0.15, 0.2) is 0 Å². The van der Waals surface area contributed by atoms with E-state index in [-0.39, 0.29) is 29.4 Å². The second-order valence-corrected chi connectivity index (χ2v) is 9.95. The van der Waals surface area contributed by atoms with Crippen LogP contribution in [0.2, 0.25) is 0 Å². The predicted octanol–water partition coefficient (Wildman–Crippen LogP) is 5.52. The molecule has 8 heteroatoms. The number of nitrogens with zero attached hydrogens (tertiary/aromatic N) is 1. The minimum Gasteiger partial charge on any atom is -0.497 e. The molecule has 1 aliphatic heterocycles. The van der Waals surface area contributed by atoms with Gasteiger partial charge in [0.25, 0.3) is 5.91 Å². The third-order valence-corrected chi connectivity index (χ3v) is 7.48. The highest BCUT2D eigenvalue weighted by Gasteiger charge is 2.24. The molecule has 1 atom stereocenters. The second kappa shape index (κ2) is 13.3. The lowest BCUT2D eigenvalue weighted by Crippen LogP contribution is -2.40. The van der Waals surface area contributed by atoms with Crippen LogP contribution in [0.1, 0.15) is 41.2 Å². The topological polar surface area (TPSA) is 70.7 Å². The molecule has 194 valence electrons. The molecule has 1 fully saturated rings. The number of carbonyl (C=O) groups excluding carboxylic acids is 2. The Morgan fingerprint density at radius 2 is 1.68 bits per heavy atom. The van der Waals surface area contributed by atoms with Crippen LogP contribution in [0.3, 0.4) is 0 Å². The molecule has 0 bridgehead atoms. The lowest BCUT2D eigenvalue weighted by Gasteiger charge is -2.35. The van der Waals surface area contributed by atoms with E-state index in [1.807, 2.05) is 30.3 Å². The summed E-state index contributed by atoms with van der Waals surface area (Å²) in [5, 5.41) is 5.88. The summed E-state index contributed by atoms with van der Waals surface area (Å²) < 4.78 is 18.4. The summed E-state index contributed by atoms with van der Waals surface area (Å²) in [5.41, 5.74) is 2.21. The summed E-state index contributed by atoms with van der Waals surface area (Å²) in [6.45, 7) is 2.49.